The first-order chi connectivity index (χ1) is 8.65. The monoisotopic (exact) mass is 267 g/mol. The predicted molar refractivity (Wildman–Crippen MR) is 69.3 cm³/mol. The lowest BCUT2D eigenvalue weighted by Gasteiger charge is -2.33. The SMILES string of the molecule is O=S(=O)(NC1CNC1)N1CCc2ccccc2C1. The molecular weight excluding hydrogens is 250 g/mol. The number of benzene rings is 1. The summed E-state index contributed by atoms with van der Waals surface area (Å²) in [6.45, 7) is 2.49. The number of nitrogens with one attached hydrogen (secondary N) is 2. The standard InChI is InChI=1S/C12H17N3O2S/c16-18(17,14-12-7-13-8-12)15-6-5-10-3-1-2-4-11(10)9-15/h1-4,12-14H,5-9H2. The van der Waals surface area contributed by atoms with E-state index in [1.54, 1.807) is 0 Å². The topological polar surface area (TPSA) is 61.4 Å². The zero-order valence-electron chi connectivity index (χ0n) is 10.1. The van der Waals surface area contributed by atoms with E-state index >= 15 is 0 Å². The van der Waals surface area contributed by atoms with Gasteiger partial charge in [0, 0.05) is 32.2 Å². The normalized spacial score (nSPS) is 21.3. The van der Waals surface area contributed by atoms with E-state index in [0.29, 0.717) is 13.1 Å². The summed E-state index contributed by atoms with van der Waals surface area (Å²) in [6.07, 6.45) is 0.792. The summed E-state index contributed by atoms with van der Waals surface area (Å²) in [6, 6.07) is 8.08. The van der Waals surface area contributed by atoms with Gasteiger partial charge in [0.2, 0.25) is 0 Å². The second-order valence-corrected chi connectivity index (χ2v) is 6.53. The van der Waals surface area contributed by atoms with Gasteiger partial charge in [0.15, 0.2) is 0 Å². The fraction of sp³-hybridized carbons (Fsp3) is 0.500. The summed E-state index contributed by atoms with van der Waals surface area (Å²) in [5.74, 6) is 0. The third kappa shape index (κ3) is 2.29. The van der Waals surface area contributed by atoms with Crippen LogP contribution in [0, 0.1) is 0 Å². The molecule has 0 aliphatic carbocycles. The third-order valence-corrected chi connectivity index (χ3v) is 5.16. The molecule has 1 fully saturated rings. The van der Waals surface area contributed by atoms with Crippen LogP contribution in [0.1, 0.15) is 11.1 Å². The van der Waals surface area contributed by atoms with E-state index in [2.05, 4.69) is 16.1 Å². The van der Waals surface area contributed by atoms with E-state index < -0.39 is 10.2 Å². The van der Waals surface area contributed by atoms with Gasteiger partial charge >= 0.3 is 0 Å². The molecule has 0 saturated carbocycles. The van der Waals surface area contributed by atoms with E-state index in [0.717, 1.165) is 25.1 Å². The zero-order valence-corrected chi connectivity index (χ0v) is 10.9. The Hall–Kier alpha value is -0.950. The summed E-state index contributed by atoms with van der Waals surface area (Å²) < 4.78 is 28.6. The highest BCUT2D eigenvalue weighted by atomic mass is 32.2. The van der Waals surface area contributed by atoms with Gasteiger partial charge in [0.25, 0.3) is 10.2 Å². The van der Waals surface area contributed by atoms with Crippen LogP contribution < -0.4 is 10.0 Å². The minimum Gasteiger partial charge on any atom is -0.313 e. The van der Waals surface area contributed by atoms with Crippen molar-refractivity contribution in [1.82, 2.24) is 14.3 Å². The molecule has 0 spiro atoms. The average molecular weight is 267 g/mol. The van der Waals surface area contributed by atoms with Crippen LogP contribution in [0.25, 0.3) is 0 Å². The lowest BCUT2D eigenvalue weighted by atomic mass is 10.0. The Morgan fingerprint density at radius 3 is 2.61 bits per heavy atom. The molecule has 0 atom stereocenters. The van der Waals surface area contributed by atoms with Gasteiger partial charge in [-0.15, -0.1) is 0 Å². The van der Waals surface area contributed by atoms with Crippen molar-refractivity contribution in [3.8, 4) is 0 Å². The van der Waals surface area contributed by atoms with Crippen molar-refractivity contribution < 1.29 is 8.42 Å². The first kappa shape index (κ1) is 12.1. The van der Waals surface area contributed by atoms with Crippen LogP contribution in [0.3, 0.4) is 0 Å². The second-order valence-electron chi connectivity index (χ2n) is 4.83. The highest BCUT2D eigenvalue weighted by Gasteiger charge is 2.30. The molecule has 0 unspecified atom stereocenters. The summed E-state index contributed by atoms with van der Waals surface area (Å²) in [5.41, 5.74) is 2.37. The summed E-state index contributed by atoms with van der Waals surface area (Å²) in [7, 11) is -3.34. The maximum absolute atomic E-state index is 12.2. The minimum absolute atomic E-state index is 0.0483. The maximum atomic E-state index is 12.2. The first-order valence-electron chi connectivity index (χ1n) is 6.20. The van der Waals surface area contributed by atoms with Crippen molar-refractivity contribution in [2.75, 3.05) is 19.6 Å². The van der Waals surface area contributed by atoms with Gasteiger partial charge in [-0.1, -0.05) is 24.3 Å². The van der Waals surface area contributed by atoms with Crippen molar-refractivity contribution in [2.24, 2.45) is 0 Å². The van der Waals surface area contributed by atoms with Gasteiger partial charge < -0.3 is 5.32 Å². The molecule has 2 aliphatic heterocycles. The highest BCUT2D eigenvalue weighted by molar-refractivity contribution is 7.87. The smallest absolute Gasteiger partial charge is 0.280 e. The lowest BCUT2D eigenvalue weighted by Crippen LogP contribution is -2.59. The van der Waals surface area contributed by atoms with Crippen molar-refractivity contribution in [3.63, 3.8) is 0 Å². The van der Waals surface area contributed by atoms with Crippen LogP contribution in [-0.2, 0) is 23.2 Å². The predicted octanol–water partition coefficient (Wildman–Crippen LogP) is -0.149. The summed E-state index contributed by atoms with van der Waals surface area (Å²) >= 11 is 0. The van der Waals surface area contributed by atoms with Crippen molar-refractivity contribution >= 4 is 10.2 Å². The van der Waals surface area contributed by atoms with E-state index in [1.807, 2.05) is 18.2 Å². The lowest BCUT2D eigenvalue weighted by molar-refractivity contribution is 0.356. The molecule has 98 valence electrons. The van der Waals surface area contributed by atoms with E-state index in [1.165, 1.54) is 9.87 Å². The number of rotatable bonds is 3. The van der Waals surface area contributed by atoms with Crippen LogP contribution in [0.2, 0.25) is 0 Å². The number of nitrogens with zero attached hydrogens (tertiary/aromatic N) is 1. The third-order valence-electron chi connectivity index (χ3n) is 3.53. The molecule has 0 radical (unpaired) electrons. The molecule has 0 amide bonds. The van der Waals surface area contributed by atoms with Crippen LogP contribution in [0.15, 0.2) is 24.3 Å². The fourth-order valence-corrected chi connectivity index (χ4v) is 3.71. The molecular formula is C12H17N3O2S. The van der Waals surface area contributed by atoms with Crippen molar-refractivity contribution in [2.45, 2.75) is 19.0 Å². The molecule has 1 saturated heterocycles. The Morgan fingerprint density at radius 2 is 1.94 bits per heavy atom. The van der Waals surface area contributed by atoms with Gasteiger partial charge in [-0.3, -0.25) is 0 Å². The van der Waals surface area contributed by atoms with E-state index in [-0.39, 0.29) is 6.04 Å². The molecule has 18 heavy (non-hydrogen) atoms. The molecule has 0 aromatic heterocycles. The quantitative estimate of drug-likeness (QED) is 0.801. The molecule has 2 N–H and O–H groups in total. The molecule has 3 rings (SSSR count). The largest absolute Gasteiger partial charge is 0.313 e. The Bertz CT molecular complexity index is 540. The van der Waals surface area contributed by atoms with Crippen LogP contribution in [-0.4, -0.2) is 38.4 Å². The second kappa shape index (κ2) is 4.62. The number of hydrogen-bond donors (Lipinski definition) is 2. The average Bonchev–Trinajstić information content (AvgIpc) is 2.33. The summed E-state index contributed by atoms with van der Waals surface area (Å²) in [4.78, 5) is 0. The molecule has 6 heteroatoms. The van der Waals surface area contributed by atoms with Crippen LogP contribution in [0.4, 0.5) is 0 Å². The minimum atomic E-state index is -3.34. The van der Waals surface area contributed by atoms with Gasteiger partial charge in [-0.2, -0.15) is 17.4 Å². The fourth-order valence-electron chi connectivity index (χ4n) is 2.33. The first-order valence-corrected chi connectivity index (χ1v) is 7.64. The highest BCUT2D eigenvalue weighted by Crippen LogP contribution is 2.20. The molecule has 1 aromatic rings. The number of hydrogen-bond acceptors (Lipinski definition) is 3. The molecule has 2 aliphatic rings. The Kier molecular flexibility index (Phi) is 3.11. The maximum Gasteiger partial charge on any atom is 0.280 e. The molecule has 0 bridgehead atoms. The Labute approximate surface area is 107 Å². The van der Waals surface area contributed by atoms with Crippen LogP contribution in [0.5, 0.6) is 0 Å². The van der Waals surface area contributed by atoms with Gasteiger partial charge in [-0.25, -0.2) is 0 Å². The Balaban J connectivity index is 1.74. The summed E-state index contributed by atoms with van der Waals surface area (Å²) in [5, 5.41) is 3.06. The molecule has 1 aromatic carbocycles. The van der Waals surface area contributed by atoms with Crippen molar-refractivity contribution in [3.05, 3.63) is 35.4 Å². The van der Waals surface area contributed by atoms with E-state index in [9.17, 15) is 8.42 Å². The molecule has 2 heterocycles. The van der Waals surface area contributed by atoms with Gasteiger partial charge in [0.1, 0.15) is 0 Å². The van der Waals surface area contributed by atoms with Crippen LogP contribution >= 0.6 is 0 Å². The van der Waals surface area contributed by atoms with Gasteiger partial charge in [0.05, 0.1) is 0 Å². The number of fused-ring (bicyclic) bond motifs is 1. The van der Waals surface area contributed by atoms with Gasteiger partial charge in [-0.05, 0) is 17.5 Å². The molecule has 5 nitrogen and oxygen atoms in total. The van der Waals surface area contributed by atoms with Crippen molar-refractivity contribution in [1.29, 1.82) is 0 Å². The Morgan fingerprint density at radius 1 is 1.22 bits per heavy atom. The zero-order chi connectivity index (χ0) is 12.6. The van der Waals surface area contributed by atoms with E-state index in [4.69, 9.17) is 0 Å².